The topological polar surface area (TPSA) is 43.6 Å². The van der Waals surface area contributed by atoms with Gasteiger partial charge in [0.25, 0.3) is 0 Å². The third-order valence-electron chi connectivity index (χ3n) is 4.92. The molecule has 4 heteroatoms. The molecule has 0 aliphatic heterocycles. The average Bonchev–Trinajstić information content (AvgIpc) is 3.13. The van der Waals surface area contributed by atoms with Crippen LogP contribution in [-0.4, -0.2) is 20.2 Å². The van der Waals surface area contributed by atoms with Gasteiger partial charge in [0.1, 0.15) is 0 Å². The second-order valence-corrected chi connectivity index (χ2v) is 6.69. The first kappa shape index (κ1) is 15.1. The zero-order valence-electron chi connectivity index (χ0n) is 14.0. The van der Waals surface area contributed by atoms with Gasteiger partial charge in [0.15, 0.2) is 0 Å². The normalized spacial score (nSPS) is 15.5. The molecule has 4 nitrogen and oxygen atoms in total. The van der Waals surface area contributed by atoms with Crippen LogP contribution in [0.4, 0.5) is 0 Å². The van der Waals surface area contributed by atoms with Crippen molar-refractivity contribution >= 4 is 0 Å². The Balaban J connectivity index is 1.54. The van der Waals surface area contributed by atoms with Gasteiger partial charge >= 0.3 is 0 Å². The van der Waals surface area contributed by atoms with Crippen molar-refractivity contribution in [1.29, 1.82) is 0 Å². The predicted molar refractivity (Wildman–Crippen MR) is 95.2 cm³/mol. The molecule has 4 rings (SSSR count). The molecule has 0 atom stereocenters. The van der Waals surface area contributed by atoms with E-state index in [4.69, 9.17) is 0 Å². The quantitative estimate of drug-likeness (QED) is 0.704. The molecule has 3 aromatic rings. The van der Waals surface area contributed by atoms with Crippen molar-refractivity contribution in [3.05, 3.63) is 59.7 Å². The van der Waals surface area contributed by atoms with E-state index in [1.807, 2.05) is 12.1 Å². The van der Waals surface area contributed by atoms with E-state index >= 15 is 0 Å². The van der Waals surface area contributed by atoms with Gasteiger partial charge in [-0.15, -0.1) is 15.0 Å². The molecule has 1 heterocycles. The van der Waals surface area contributed by atoms with Gasteiger partial charge in [-0.2, -0.15) is 0 Å². The van der Waals surface area contributed by atoms with E-state index < -0.39 is 0 Å². The van der Waals surface area contributed by atoms with Gasteiger partial charge in [0.05, 0.1) is 5.69 Å². The number of benzene rings is 2. The zero-order valence-corrected chi connectivity index (χ0v) is 14.0. The number of hydrogen-bond acceptors (Lipinski definition) is 3. The molecular formula is C20H22N4. The highest BCUT2D eigenvalue weighted by Crippen LogP contribution is 2.32. The highest BCUT2D eigenvalue weighted by molar-refractivity contribution is 5.54. The van der Waals surface area contributed by atoms with Crippen molar-refractivity contribution < 1.29 is 0 Å². The smallest absolute Gasteiger partial charge is 0.130 e. The molecule has 1 fully saturated rings. The summed E-state index contributed by atoms with van der Waals surface area (Å²) in [7, 11) is 0. The number of hydrogen-bond donors (Lipinski definition) is 0. The van der Waals surface area contributed by atoms with E-state index in [-0.39, 0.29) is 0 Å². The summed E-state index contributed by atoms with van der Waals surface area (Å²) >= 11 is 0. The summed E-state index contributed by atoms with van der Waals surface area (Å²) in [5, 5.41) is 12.9. The average molecular weight is 318 g/mol. The molecule has 0 spiro atoms. The Morgan fingerprint density at radius 1 is 0.875 bits per heavy atom. The van der Waals surface area contributed by atoms with Crippen molar-refractivity contribution in [1.82, 2.24) is 20.2 Å². The van der Waals surface area contributed by atoms with E-state index in [0.717, 1.165) is 17.2 Å². The summed E-state index contributed by atoms with van der Waals surface area (Å²) < 4.78 is 0. The molecule has 0 bridgehead atoms. The van der Waals surface area contributed by atoms with Gasteiger partial charge in [-0.1, -0.05) is 61.2 Å². The maximum Gasteiger partial charge on any atom is 0.205 e. The van der Waals surface area contributed by atoms with Gasteiger partial charge < -0.3 is 0 Å². The molecule has 1 aliphatic rings. The molecule has 122 valence electrons. The van der Waals surface area contributed by atoms with Crippen LogP contribution in [-0.2, 0) is 0 Å². The summed E-state index contributed by atoms with van der Waals surface area (Å²) in [6, 6.07) is 16.8. The van der Waals surface area contributed by atoms with E-state index in [1.165, 1.54) is 43.2 Å². The molecule has 0 radical (unpaired) electrons. The molecule has 2 aromatic carbocycles. The van der Waals surface area contributed by atoms with Crippen molar-refractivity contribution in [3.8, 4) is 17.1 Å². The number of aromatic nitrogens is 4. The van der Waals surface area contributed by atoms with Crippen molar-refractivity contribution in [2.75, 3.05) is 0 Å². The molecule has 1 aliphatic carbocycles. The minimum atomic E-state index is 0.659. The molecular weight excluding hydrogens is 296 g/mol. The Morgan fingerprint density at radius 3 is 2.29 bits per heavy atom. The second-order valence-electron chi connectivity index (χ2n) is 6.69. The molecule has 1 aromatic heterocycles. The molecule has 0 saturated heterocycles. The summed E-state index contributed by atoms with van der Waals surface area (Å²) in [6.07, 6.45) is 6.74. The Kier molecular flexibility index (Phi) is 4.11. The minimum Gasteiger partial charge on any atom is -0.130 e. The summed E-state index contributed by atoms with van der Waals surface area (Å²) in [5.74, 6) is 1.38. The fraction of sp³-hybridized carbons (Fsp3) is 0.350. The van der Waals surface area contributed by atoms with Crippen LogP contribution in [0.15, 0.2) is 48.5 Å². The largest absolute Gasteiger partial charge is 0.205 e. The van der Waals surface area contributed by atoms with Crippen LogP contribution in [0.2, 0.25) is 0 Å². The maximum absolute atomic E-state index is 4.52. The highest BCUT2D eigenvalue weighted by Gasteiger charge is 2.15. The van der Waals surface area contributed by atoms with Crippen molar-refractivity contribution in [2.45, 2.75) is 44.9 Å². The lowest BCUT2D eigenvalue weighted by Gasteiger charge is -2.21. The first-order valence-electron chi connectivity index (χ1n) is 8.77. The number of nitrogens with zero attached hydrogens (tertiary/aromatic N) is 4. The van der Waals surface area contributed by atoms with Crippen LogP contribution in [0.1, 0.15) is 49.1 Å². The predicted octanol–water partition coefficient (Wildman–Crippen LogP) is 4.69. The lowest BCUT2D eigenvalue weighted by molar-refractivity contribution is 0.443. The van der Waals surface area contributed by atoms with Crippen LogP contribution >= 0.6 is 0 Å². The SMILES string of the molecule is Cc1ccc(-c2nnn(-c3ccc(C4CCCCC4)cc3)n2)cc1. The third-order valence-corrected chi connectivity index (χ3v) is 4.92. The lowest BCUT2D eigenvalue weighted by Crippen LogP contribution is -2.05. The van der Waals surface area contributed by atoms with Crippen molar-refractivity contribution in [3.63, 3.8) is 0 Å². The Morgan fingerprint density at radius 2 is 1.58 bits per heavy atom. The Labute approximate surface area is 142 Å². The fourth-order valence-electron chi connectivity index (χ4n) is 3.46. The second kappa shape index (κ2) is 6.56. The first-order chi connectivity index (χ1) is 11.8. The van der Waals surface area contributed by atoms with Crippen LogP contribution in [0.5, 0.6) is 0 Å². The zero-order chi connectivity index (χ0) is 16.4. The van der Waals surface area contributed by atoms with Gasteiger partial charge in [-0.25, -0.2) is 0 Å². The lowest BCUT2D eigenvalue weighted by atomic mass is 9.84. The maximum atomic E-state index is 4.52. The molecule has 0 amide bonds. The summed E-state index contributed by atoms with van der Waals surface area (Å²) in [6.45, 7) is 2.07. The van der Waals surface area contributed by atoms with Crippen LogP contribution in [0.25, 0.3) is 17.1 Å². The van der Waals surface area contributed by atoms with Gasteiger partial charge in [-0.05, 0) is 48.6 Å². The molecule has 0 unspecified atom stereocenters. The van der Waals surface area contributed by atoms with Crippen molar-refractivity contribution in [2.24, 2.45) is 0 Å². The van der Waals surface area contributed by atoms with Gasteiger partial charge in [-0.3, -0.25) is 0 Å². The van der Waals surface area contributed by atoms with E-state index in [9.17, 15) is 0 Å². The standard InChI is InChI=1S/C20H22N4/c1-15-7-9-18(10-8-15)20-21-23-24(22-20)19-13-11-17(12-14-19)16-5-3-2-4-6-16/h7-14,16H,2-6H2,1H3. The number of aryl methyl sites for hydroxylation is 1. The van der Waals surface area contributed by atoms with E-state index in [0.29, 0.717) is 5.82 Å². The Hall–Kier alpha value is -2.49. The molecule has 0 N–H and O–H groups in total. The number of rotatable bonds is 3. The van der Waals surface area contributed by atoms with Crippen LogP contribution in [0, 0.1) is 6.92 Å². The summed E-state index contributed by atoms with van der Waals surface area (Å²) in [5.41, 5.74) is 4.62. The third kappa shape index (κ3) is 3.09. The monoisotopic (exact) mass is 318 g/mol. The minimum absolute atomic E-state index is 0.659. The van der Waals surface area contributed by atoms with Gasteiger partial charge in [0, 0.05) is 5.56 Å². The fourth-order valence-corrected chi connectivity index (χ4v) is 3.46. The highest BCUT2D eigenvalue weighted by atomic mass is 15.6. The summed E-state index contributed by atoms with van der Waals surface area (Å²) in [4.78, 5) is 1.61. The Bertz CT molecular complexity index is 796. The molecule has 1 saturated carbocycles. The molecule has 24 heavy (non-hydrogen) atoms. The first-order valence-corrected chi connectivity index (χ1v) is 8.77. The van der Waals surface area contributed by atoms with Crippen LogP contribution in [0.3, 0.4) is 0 Å². The van der Waals surface area contributed by atoms with E-state index in [2.05, 4.69) is 58.7 Å². The van der Waals surface area contributed by atoms with Gasteiger partial charge in [0.2, 0.25) is 5.82 Å². The van der Waals surface area contributed by atoms with Crippen LogP contribution < -0.4 is 0 Å². The number of tetrazole rings is 1. The van der Waals surface area contributed by atoms with E-state index in [1.54, 1.807) is 4.80 Å².